The number of ether oxygens (including phenoxy) is 1. The van der Waals surface area contributed by atoms with Crippen molar-refractivity contribution in [2.45, 2.75) is 45.2 Å². The topological polar surface area (TPSA) is 24.5 Å². The van der Waals surface area contributed by atoms with Crippen LogP contribution < -0.4 is 10.1 Å². The highest BCUT2D eigenvalue weighted by Gasteiger charge is 2.23. The average Bonchev–Trinajstić information content (AvgIpc) is 2.99. The number of anilines is 1. The lowest BCUT2D eigenvalue weighted by atomic mass is 10.1. The van der Waals surface area contributed by atoms with Crippen molar-refractivity contribution in [3.8, 4) is 5.75 Å². The summed E-state index contributed by atoms with van der Waals surface area (Å²) in [5, 5.41) is 3.42. The van der Waals surface area contributed by atoms with Crippen LogP contribution in [0.1, 0.15) is 38.2 Å². The number of nitrogens with one attached hydrogen (secondary N) is 1. The second-order valence-corrected chi connectivity index (χ2v) is 5.57. The van der Waals surface area contributed by atoms with Gasteiger partial charge in [-0.3, -0.25) is 4.90 Å². The Morgan fingerprint density at radius 2 is 2.16 bits per heavy atom. The fraction of sp³-hybridized carbons (Fsp3) is 0.625. The number of nitrogens with zero attached hydrogens (tertiary/aromatic N) is 1. The zero-order valence-corrected chi connectivity index (χ0v) is 11.8. The van der Waals surface area contributed by atoms with Gasteiger partial charge < -0.3 is 10.1 Å². The van der Waals surface area contributed by atoms with E-state index in [1.165, 1.54) is 31.2 Å². The quantitative estimate of drug-likeness (QED) is 0.899. The summed E-state index contributed by atoms with van der Waals surface area (Å²) in [6.07, 6.45) is 5.52. The molecule has 3 nitrogen and oxygen atoms in total. The average molecular weight is 260 g/mol. The Bertz CT molecular complexity index is 427. The van der Waals surface area contributed by atoms with Crippen LogP contribution in [-0.2, 0) is 6.54 Å². The summed E-state index contributed by atoms with van der Waals surface area (Å²) in [7, 11) is 0. The van der Waals surface area contributed by atoms with Crippen molar-refractivity contribution in [1.29, 1.82) is 0 Å². The maximum atomic E-state index is 5.87. The van der Waals surface area contributed by atoms with E-state index < -0.39 is 0 Å². The van der Waals surface area contributed by atoms with Gasteiger partial charge in [0, 0.05) is 24.7 Å². The highest BCUT2D eigenvalue weighted by Crippen LogP contribution is 2.33. The third-order valence-corrected chi connectivity index (χ3v) is 4.38. The van der Waals surface area contributed by atoms with Crippen LogP contribution in [0, 0.1) is 0 Å². The summed E-state index contributed by atoms with van der Waals surface area (Å²) in [6, 6.07) is 7.24. The number of para-hydroxylation sites is 1. The molecule has 0 saturated heterocycles. The molecule has 0 bridgehead atoms. The predicted octanol–water partition coefficient (Wildman–Crippen LogP) is 3.26. The van der Waals surface area contributed by atoms with E-state index in [9.17, 15) is 0 Å². The van der Waals surface area contributed by atoms with Crippen LogP contribution in [0.2, 0.25) is 0 Å². The van der Waals surface area contributed by atoms with Crippen molar-refractivity contribution in [3.63, 3.8) is 0 Å². The van der Waals surface area contributed by atoms with Crippen molar-refractivity contribution in [2.24, 2.45) is 0 Å². The van der Waals surface area contributed by atoms with Crippen molar-refractivity contribution < 1.29 is 4.74 Å². The van der Waals surface area contributed by atoms with Gasteiger partial charge >= 0.3 is 0 Å². The van der Waals surface area contributed by atoms with E-state index in [2.05, 4.69) is 35.3 Å². The van der Waals surface area contributed by atoms with Gasteiger partial charge in [-0.1, -0.05) is 31.9 Å². The minimum Gasteiger partial charge on any atom is -0.489 e. The molecule has 1 aromatic rings. The molecule has 1 fully saturated rings. The Balaban J connectivity index is 1.78. The van der Waals surface area contributed by atoms with Gasteiger partial charge in [-0.2, -0.15) is 0 Å². The van der Waals surface area contributed by atoms with Crippen LogP contribution in [0.15, 0.2) is 18.2 Å². The molecule has 1 aliphatic heterocycles. The molecule has 1 aromatic carbocycles. The second kappa shape index (κ2) is 5.83. The molecular weight excluding hydrogens is 236 g/mol. The van der Waals surface area contributed by atoms with Crippen molar-refractivity contribution >= 4 is 5.69 Å². The Morgan fingerprint density at radius 3 is 2.95 bits per heavy atom. The Labute approximate surface area is 115 Å². The van der Waals surface area contributed by atoms with Crippen LogP contribution in [0.25, 0.3) is 0 Å². The molecule has 3 rings (SSSR count). The zero-order valence-electron chi connectivity index (χ0n) is 11.8. The van der Waals surface area contributed by atoms with Gasteiger partial charge in [0.2, 0.25) is 0 Å². The minimum absolute atomic E-state index is 0.775. The van der Waals surface area contributed by atoms with E-state index in [4.69, 9.17) is 4.74 Å². The maximum Gasteiger partial charge on any atom is 0.146 e. The van der Waals surface area contributed by atoms with Gasteiger partial charge in [-0.25, -0.2) is 0 Å². The van der Waals surface area contributed by atoms with E-state index in [1.54, 1.807) is 0 Å². The Hall–Kier alpha value is -1.22. The molecule has 1 saturated carbocycles. The molecule has 0 radical (unpaired) electrons. The first-order chi connectivity index (χ1) is 9.38. The summed E-state index contributed by atoms with van der Waals surface area (Å²) in [6.45, 7) is 6.11. The fourth-order valence-corrected chi connectivity index (χ4v) is 3.35. The van der Waals surface area contributed by atoms with Crippen LogP contribution >= 0.6 is 0 Å². The number of fused-ring (bicyclic) bond motifs is 1. The first kappa shape index (κ1) is 12.8. The van der Waals surface area contributed by atoms with E-state index in [1.807, 2.05) is 0 Å². The lowest BCUT2D eigenvalue weighted by molar-refractivity contribution is 0.196. The molecule has 19 heavy (non-hydrogen) atoms. The van der Waals surface area contributed by atoms with E-state index >= 15 is 0 Å². The lowest BCUT2D eigenvalue weighted by Crippen LogP contribution is -2.33. The summed E-state index contributed by atoms with van der Waals surface area (Å²) in [5.41, 5.74) is 2.49. The van der Waals surface area contributed by atoms with Crippen LogP contribution in [0.5, 0.6) is 5.75 Å². The normalized spacial score (nSPS) is 19.1. The molecule has 0 amide bonds. The SMILES string of the molecule is CCN(Cc1cccc2c1OCCN2)C1CCCC1. The van der Waals surface area contributed by atoms with E-state index in [0.29, 0.717) is 0 Å². The van der Waals surface area contributed by atoms with Gasteiger partial charge in [0.05, 0.1) is 5.69 Å². The largest absolute Gasteiger partial charge is 0.489 e. The predicted molar refractivity (Wildman–Crippen MR) is 78.8 cm³/mol. The third-order valence-electron chi connectivity index (χ3n) is 4.38. The zero-order chi connectivity index (χ0) is 13.1. The molecule has 1 aliphatic carbocycles. The molecule has 0 spiro atoms. The summed E-state index contributed by atoms with van der Waals surface area (Å²) in [5.74, 6) is 1.07. The van der Waals surface area contributed by atoms with Gasteiger partial charge in [0.25, 0.3) is 0 Å². The molecule has 2 aliphatic rings. The minimum atomic E-state index is 0.775. The molecule has 104 valence electrons. The van der Waals surface area contributed by atoms with E-state index in [-0.39, 0.29) is 0 Å². The smallest absolute Gasteiger partial charge is 0.146 e. The fourth-order valence-electron chi connectivity index (χ4n) is 3.35. The lowest BCUT2D eigenvalue weighted by Gasteiger charge is -2.29. The molecule has 1 heterocycles. The Kier molecular flexibility index (Phi) is 3.92. The van der Waals surface area contributed by atoms with Crippen LogP contribution in [-0.4, -0.2) is 30.6 Å². The summed E-state index contributed by atoms with van der Waals surface area (Å²) < 4.78 is 5.87. The number of hydrogen-bond donors (Lipinski definition) is 1. The molecule has 0 unspecified atom stereocenters. The first-order valence-electron chi connectivity index (χ1n) is 7.61. The first-order valence-corrected chi connectivity index (χ1v) is 7.61. The van der Waals surface area contributed by atoms with E-state index in [0.717, 1.165) is 43.7 Å². The van der Waals surface area contributed by atoms with Gasteiger partial charge in [-0.15, -0.1) is 0 Å². The molecule has 3 heteroatoms. The van der Waals surface area contributed by atoms with Crippen LogP contribution in [0.4, 0.5) is 5.69 Å². The van der Waals surface area contributed by atoms with Crippen molar-refractivity contribution in [3.05, 3.63) is 23.8 Å². The van der Waals surface area contributed by atoms with Crippen molar-refractivity contribution in [2.75, 3.05) is 25.0 Å². The summed E-state index contributed by atoms with van der Waals surface area (Å²) >= 11 is 0. The number of hydrogen-bond acceptors (Lipinski definition) is 3. The van der Waals surface area contributed by atoms with Gasteiger partial charge in [-0.05, 0) is 25.5 Å². The highest BCUT2D eigenvalue weighted by molar-refractivity contribution is 5.61. The maximum absolute atomic E-state index is 5.87. The monoisotopic (exact) mass is 260 g/mol. The molecule has 1 N–H and O–H groups in total. The van der Waals surface area contributed by atoms with Gasteiger partial charge in [0.15, 0.2) is 0 Å². The molecule has 0 aromatic heterocycles. The highest BCUT2D eigenvalue weighted by atomic mass is 16.5. The second-order valence-electron chi connectivity index (χ2n) is 5.57. The van der Waals surface area contributed by atoms with Crippen LogP contribution in [0.3, 0.4) is 0 Å². The Morgan fingerprint density at radius 1 is 1.32 bits per heavy atom. The van der Waals surface area contributed by atoms with Gasteiger partial charge in [0.1, 0.15) is 12.4 Å². The molecule has 0 atom stereocenters. The number of benzene rings is 1. The third kappa shape index (κ3) is 2.71. The number of rotatable bonds is 4. The van der Waals surface area contributed by atoms with Crippen molar-refractivity contribution in [1.82, 2.24) is 4.90 Å². The molecular formula is C16H24N2O. The standard InChI is InChI=1S/C16H24N2O/c1-2-18(14-7-3-4-8-14)12-13-6-5-9-15-16(13)19-11-10-17-15/h5-6,9,14,17H,2-4,7-8,10-12H2,1H3. The summed E-state index contributed by atoms with van der Waals surface area (Å²) in [4.78, 5) is 2.61.